The van der Waals surface area contributed by atoms with Gasteiger partial charge in [0.05, 0.1) is 12.1 Å². The molecule has 1 fully saturated rings. The van der Waals surface area contributed by atoms with Gasteiger partial charge in [0.25, 0.3) is 0 Å². The number of nitrogens with zero attached hydrogens (tertiary/aromatic N) is 3. The van der Waals surface area contributed by atoms with Gasteiger partial charge in [0.15, 0.2) is 0 Å². The second-order valence-electron chi connectivity index (χ2n) is 8.95. The first kappa shape index (κ1) is 23.6. The average Bonchev–Trinajstić information content (AvgIpc) is 3.29. The van der Waals surface area contributed by atoms with Crippen LogP contribution >= 0.6 is 11.3 Å². The number of benzene rings is 2. The fourth-order valence-electron chi connectivity index (χ4n) is 4.04. The van der Waals surface area contributed by atoms with Crippen LogP contribution < -0.4 is 5.32 Å². The Labute approximate surface area is 201 Å². The highest BCUT2D eigenvalue weighted by Crippen LogP contribution is 2.25. The summed E-state index contributed by atoms with van der Waals surface area (Å²) in [4.78, 5) is 22.1. The van der Waals surface area contributed by atoms with Crippen LogP contribution in [0.4, 0.5) is 5.69 Å². The summed E-state index contributed by atoms with van der Waals surface area (Å²) in [6.07, 6.45) is 3.75. The number of carbonyl (C=O) groups excluding carboxylic acids is 1. The van der Waals surface area contributed by atoms with E-state index in [1.165, 1.54) is 24.0 Å². The first-order chi connectivity index (χ1) is 16.1. The molecule has 2 aromatic carbocycles. The molecule has 1 saturated heterocycles. The van der Waals surface area contributed by atoms with Crippen LogP contribution in [0.1, 0.15) is 36.6 Å². The van der Waals surface area contributed by atoms with Crippen LogP contribution in [0, 0.1) is 0 Å². The zero-order valence-corrected chi connectivity index (χ0v) is 20.5. The fraction of sp³-hybridized carbons (Fsp3) is 0.407. The van der Waals surface area contributed by atoms with E-state index in [1.54, 1.807) is 11.3 Å². The van der Waals surface area contributed by atoms with Crippen LogP contribution in [0.3, 0.4) is 0 Å². The predicted molar refractivity (Wildman–Crippen MR) is 138 cm³/mol. The number of carbonyl (C=O) groups is 1. The highest BCUT2D eigenvalue weighted by atomic mass is 32.1. The number of hydrogen-bond acceptors (Lipinski definition) is 5. The lowest BCUT2D eigenvalue weighted by atomic mass is 10.1. The third kappa shape index (κ3) is 6.97. The molecular formula is C27H34N4OS. The van der Waals surface area contributed by atoms with Crippen molar-refractivity contribution in [2.45, 2.75) is 39.2 Å². The predicted octanol–water partition coefficient (Wildman–Crippen LogP) is 5.08. The number of thiazole rings is 1. The van der Waals surface area contributed by atoms with E-state index in [4.69, 9.17) is 4.98 Å². The Balaban J connectivity index is 1.29. The van der Waals surface area contributed by atoms with Gasteiger partial charge in [-0.2, -0.15) is 0 Å². The standard InChI is InChI=1S/C27H34N4OS/c1-3-4-5-21-8-12-24(13-9-21)28-26(32)18-25-20-33-27(29-25)23-10-6-22(7-11-23)19-31-16-14-30(2)15-17-31/h6-13,20H,3-5,14-19H2,1-2H3,(H,28,32). The lowest BCUT2D eigenvalue weighted by Gasteiger charge is -2.32. The van der Waals surface area contributed by atoms with Crippen LogP contribution in [0.2, 0.25) is 0 Å². The molecule has 174 valence electrons. The Morgan fingerprint density at radius 1 is 1.00 bits per heavy atom. The molecule has 0 bridgehead atoms. The van der Waals surface area contributed by atoms with Crippen LogP contribution in [0.15, 0.2) is 53.9 Å². The smallest absolute Gasteiger partial charge is 0.230 e. The minimum atomic E-state index is -0.0318. The van der Waals surface area contributed by atoms with E-state index in [2.05, 4.69) is 65.5 Å². The van der Waals surface area contributed by atoms with Gasteiger partial charge in [-0.25, -0.2) is 4.98 Å². The minimum absolute atomic E-state index is 0.0318. The molecule has 0 radical (unpaired) electrons. The van der Waals surface area contributed by atoms with Crippen molar-refractivity contribution in [3.8, 4) is 10.6 Å². The van der Waals surface area contributed by atoms with Gasteiger partial charge in [-0.15, -0.1) is 11.3 Å². The Morgan fingerprint density at radius 2 is 1.70 bits per heavy atom. The van der Waals surface area contributed by atoms with E-state index < -0.39 is 0 Å². The fourth-order valence-corrected chi connectivity index (χ4v) is 4.87. The highest BCUT2D eigenvalue weighted by molar-refractivity contribution is 7.13. The molecule has 1 aliphatic heterocycles. The molecule has 4 rings (SSSR count). The summed E-state index contributed by atoms with van der Waals surface area (Å²) in [5.74, 6) is -0.0318. The first-order valence-electron chi connectivity index (χ1n) is 11.9. The normalized spacial score (nSPS) is 15.0. The van der Waals surface area contributed by atoms with E-state index in [0.29, 0.717) is 0 Å². The van der Waals surface area contributed by atoms with Crippen molar-refractivity contribution in [1.29, 1.82) is 0 Å². The number of piperazine rings is 1. The minimum Gasteiger partial charge on any atom is -0.326 e. The zero-order chi connectivity index (χ0) is 23.0. The third-order valence-electron chi connectivity index (χ3n) is 6.15. The molecule has 0 atom stereocenters. The Bertz CT molecular complexity index is 1020. The van der Waals surface area contributed by atoms with Crippen molar-refractivity contribution in [2.24, 2.45) is 0 Å². The average molecular weight is 463 g/mol. The SMILES string of the molecule is CCCCc1ccc(NC(=O)Cc2csc(-c3ccc(CN4CCN(C)CC4)cc3)n2)cc1. The number of hydrogen-bond donors (Lipinski definition) is 1. The molecule has 5 nitrogen and oxygen atoms in total. The number of aromatic nitrogens is 1. The maximum Gasteiger partial charge on any atom is 0.230 e. The van der Waals surface area contributed by atoms with Gasteiger partial charge in [0.1, 0.15) is 5.01 Å². The molecule has 0 aliphatic carbocycles. The molecule has 1 amide bonds. The highest BCUT2D eigenvalue weighted by Gasteiger charge is 2.14. The van der Waals surface area contributed by atoms with Crippen LogP contribution in [-0.2, 0) is 24.2 Å². The van der Waals surface area contributed by atoms with E-state index in [-0.39, 0.29) is 12.3 Å². The molecule has 0 spiro atoms. The van der Waals surface area contributed by atoms with Gasteiger partial charge in [0.2, 0.25) is 5.91 Å². The molecule has 3 aromatic rings. The van der Waals surface area contributed by atoms with Crippen LogP contribution in [0.25, 0.3) is 10.6 Å². The maximum atomic E-state index is 12.5. The van der Waals surface area contributed by atoms with Gasteiger partial charge in [-0.3, -0.25) is 9.69 Å². The first-order valence-corrected chi connectivity index (χ1v) is 12.8. The van der Waals surface area contributed by atoms with Gasteiger partial charge < -0.3 is 10.2 Å². The number of unbranched alkanes of at least 4 members (excludes halogenated alkanes) is 1. The Hall–Kier alpha value is -2.54. The van der Waals surface area contributed by atoms with Gasteiger partial charge in [-0.05, 0) is 43.1 Å². The monoisotopic (exact) mass is 462 g/mol. The summed E-state index contributed by atoms with van der Waals surface area (Å²) in [7, 11) is 2.18. The number of nitrogens with one attached hydrogen (secondary N) is 1. The summed E-state index contributed by atoms with van der Waals surface area (Å²) in [5.41, 5.74) is 5.41. The van der Waals surface area contributed by atoms with E-state index >= 15 is 0 Å². The number of rotatable bonds is 9. The van der Waals surface area contributed by atoms with Crippen LogP contribution in [0.5, 0.6) is 0 Å². The molecular weight excluding hydrogens is 428 g/mol. The molecule has 6 heteroatoms. The van der Waals surface area contributed by atoms with Crippen molar-refractivity contribution in [3.63, 3.8) is 0 Å². The van der Waals surface area contributed by atoms with Gasteiger partial charge >= 0.3 is 0 Å². The van der Waals surface area contributed by atoms with E-state index in [1.807, 2.05) is 17.5 Å². The number of amides is 1. The molecule has 1 aromatic heterocycles. The lowest BCUT2D eigenvalue weighted by Crippen LogP contribution is -2.43. The summed E-state index contributed by atoms with van der Waals surface area (Å²) in [6, 6.07) is 16.9. The quantitative estimate of drug-likeness (QED) is 0.482. The molecule has 0 unspecified atom stereocenters. The number of anilines is 1. The zero-order valence-electron chi connectivity index (χ0n) is 19.7. The van der Waals surface area contributed by atoms with Crippen molar-refractivity contribution < 1.29 is 4.79 Å². The Kier molecular flexibility index (Phi) is 8.26. The molecule has 1 aliphatic rings. The summed E-state index contributed by atoms with van der Waals surface area (Å²) in [5, 5.41) is 5.94. The molecule has 1 N–H and O–H groups in total. The number of likely N-dealkylation sites (N-methyl/N-ethyl adjacent to an activating group) is 1. The second kappa shape index (κ2) is 11.5. The summed E-state index contributed by atoms with van der Waals surface area (Å²) >= 11 is 1.60. The summed E-state index contributed by atoms with van der Waals surface area (Å²) < 4.78 is 0. The largest absolute Gasteiger partial charge is 0.326 e. The maximum absolute atomic E-state index is 12.5. The number of aryl methyl sites for hydroxylation is 1. The third-order valence-corrected chi connectivity index (χ3v) is 7.09. The van der Waals surface area contributed by atoms with Crippen molar-refractivity contribution in [1.82, 2.24) is 14.8 Å². The van der Waals surface area contributed by atoms with Gasteiger partial charge in [-0.1, -0.05) is 49.7 Å². The van der Waals surface area contributed by atoms with Crippen molar-refractivity contribution in [2.75, 3.05) is 38.5 Å². The van der Waals surface area contributed by atoms with E-state index in [0.717, 1.165) is 61.1 Å². The Morgan fingerprint density at radius 3 is 2.39 bits per heavy atom. The van der Waals surface area contributed by atoms with Crippen LogP contribution in [-0.4, -0.2) is 53.9 Å². The van der Waals surface area contributed by atoms with Gasteiger partial charge in [0, 0.05) is 49.4 Å². The lowest BCUT2D eigenvalue weighted by molar-refractivity contribution is -0.115. The van der Waals surface area contributed by atoms with Crippen molar-refractivity contribution >= 4 is 22.9 Å². The van der Waals surface area contributed by atoms with Crippen molar-refractivity contribution in [3.05, 3.63) is 70.7 Å². The second-order valence-corrected chi connectivity index (χ2v) is 9.80. The molecule has 2 heterocycles. The topological polar surface area (TPSA) is 48.5 Å². The summed E-state index contributed by atoms with van der Waals surface area (Å²) in [6.45, 7) is 7.72. The van der Waals surface area contributed by atoms with E-state index in [9.17, 15) is 4.79 Å². The molecule has 33 heavy (non-hydrogen) atoms. The molecule has 0 saturated carbocycles.